The summed E-state index contributed by atoms with van der Waals surface area (Å²) in [6.45, 7) is 0.582. The fourth-order valence-electron chi connectivity index (χ4n) is 5.36. The Labute approximate surface area is 238 Å². The molecular formula is C29H35F4N4O3P. The smallest absolute Gasteiger partial charge is 0.278 e. The van der Waals surface area contributed by atoms with Crippen LogP contribution in [0.2, 0.25) is 0 Å². The molecule has 0 radical (unpaired) electrons. The van der Waals surface area contributed by atoms with Crippen LogP contribution in [0.25, 0.3) is 0 Å². The summed E-state index contributed by atoms with van der Waals surface area (Å²) < 4.78 is 61.8. The number of hydrogen-bond acceptors (Lipinski definition) is 4. The lowest BCUT2D eigenvalue weighted by Crippen LogP contribution is -2.54. The predicted octanol–water partition coefficient (Wildman–Crippen LogP) is 5.38. The minimum Gasteiger partial charge on any atom is -0.487 e. The molecule has 2 fully saturated rings. The SMILES string of the molecule is CC(F)(F)COc1cccc(C/C=C2\Cc3nn(CCC4CC4)c(CNC(=O)C4(C(F)(F)P)CCC4)c3C(=O)N2)c1. The van der Waals surface area contributed by atoms with Gasteiger partial charge in [0.2, 0.25) is 5.91 Å². The van der Waals surface area contributed by atoms with Crippen LogP contribution < -0.4 is 15.4 Å². The third-order valence-electron chi connectivity index (χ3n) is 8.11. The maximum absolute atomic E-state index is 14.3. The summed E-state index contributed by atoms with van der Waals surface area (Å²) in [5, 5.41) is 10.3. The standard InChI is InChI=1S/C29H35F4N4O3P/c1-27(30,31)17-40-21-5-2-4-19(14-21)8-9-20-15-22-24(25(38)35-20)23(37(36-22)13-10-18-6-7-18)16-34-26(39)28(11-3-12-28)29(32,33)41/h2,4-5,9,14,18H,3,6-8,10-13,15-17,41H2,1H3,(H,34,39)(H,35,38)/b20-9+. The van der Waals surface area contributed by atoms with Crippen molar-refractivity contribution < 1.29 is 31.9 Å². The number of hydrogen-bond donors (Lipinski definition) is 2. The van der Waals surface area contributed by atoms with Crippen molar-refractivity contribution in [3.8, 4) is 5.75 Å². The van der Waals surface area contributed by atoms with E-state index in [9.17, 15) is 27.2 Å². The van der Waals surface area contributed by atoms with Crippen molar-refractivity contribution in [1.82, 2.24) is 20.4 Å². The van der Waals surface area contributed by atoms with Gasteiger partial charge in [0.05, 0.1) is 23.5 Å². The van der Waals surface area contributed by atoms with Crippen LogP contribution in [0.15, 0.2) is 36.0 Å². The lowest BCUT2D eigenvalue weighted by atomic mass is 9.68. The van der Waals surface area contributed by atoms with Crippen LogP contribution in [-0.2, 0) is 30.7 Å². The van der Waals surface area contributed by atoms with Gasteiger partial charge in [0.1, 0.15) is 11.2 Å². The molecule has 2 amide bonds. The van der Waals surface area contributed by atoms with Gasteiger partial charge in [0, 0.05) is 25.6 Å². The van der Waals surface area contributed by atoms with Crippen molar-refractivity contribution >= 4 is 21.1 Å². The van der Waals surface area contributed by atoms with E-state index in [2.05, 4.69) is 10.6 Å². The van der Waals surface area contributed by atoms with Crippen molar-refractivity contribution in [1.29, 1.82) is 0 Å². The Morgan fingerprint density at radius 2 is 2.05 bits per heavy atom. The lowest BCUT2D eigenvalue weighted by molar-refractivity contribution is -0.156. The predicted molar refractivity (Wildman–Crippen MR) is 148 cm³/mol. The number of carbonyl (C=O) groups excluding carboxylic acids is 2. The lowest BCUT2D eigenvalue weighted by Gasteiger charge is -2.43. The zero-order valence-electron chi connectivity index (χ0n) is 23.0. The zero-order valence-corrected chi connectivity index (χ0v) is 24.1. The number of aryl methyl sites for hydroxylation is 1. The van der Waals surface area contributed by atoms with Crippen molar-refractivity contribution in [3.05, 3.63) is 58.6 Å². The van der Waals surface area contributed by atoms with Gasteiger partial charge in [-0.1, -0.05) is 46.7 Å². The molecule has 7 nitrogen and oxygen atoms in total. The van der Waals surface area contributed by atoms with Gasteiger partial charge in [-0.3, -0.25) is 14.3 Å². The number of carbonyl (C=O) groups is 2. The van der Waals surface area contributed by atoms with Gasteiger partial charge in [-0.2, -0.15) is 5.10 Å². The summed E-state index contributed by atoms with van der Waals surface area (Å²) in [5.41, 5.74) is -2.04. The quantitative estimate of drug-likeness (QED) is 0.255. The molecule has 1 aromatic heterocycles. The first-order valence-electron chi connectivity index (χ1n) is 14.0. The molecule has 1 unspecified atom stereocenters. The van der Waals surface area contributed by atoms with Crippen LogP contribution in [-0.4, -0.2) is 39.8 Å². The molecule has 1 aromatic carbocycles. The highest BCUT2D eigenvalue weighted by Crippen LogP contribution is 2.55. The number of amides is 2. The Morgan fingerprint density at radius 3 is 2.68 bits per heavy atom. The first-order chi connectivity index (χ1) is 19.3. The number of alkyl halides is 4. The molecule has 222 valence electrons. The first-order valence-corrected chi connectivity index (χ1v) is 14.6. The van der Waals surface area contributed by atoms with Gasteiger partial charge in [-0.05, 0) is 49.3 Å². The Bertz CT molecular complexity index is 1340. The minimum atomic E-state index is -3.22. The molecule has 2 heterocycles. The molecule has 41 heavy (non-hydrogen) atoms. The first kappa shape index (κ1) is 29.5. The Morgan fingerprint density at radius 1 is 1.29 bits per heavy atom. The summed E-state index contributed by atoms with van der Waals surface area (Å²) in [5.74, 6) is -3.07. The van der Waals surface area contributed by atoms with Gasteiger partial charge in [-0.25, -0.2) is 17.6 Å². The summed E-state index contributed by atoms with van der Waals surface area (Å²) in [6.07, 6.45) is 6.62. The highest BCUT2D eigenvalue weighted by atomic mass is 31.0. The molecular weight excluding hydrogens is 559 g/mol. The fraction of sp³-hybridized carbons (Fsp3) is 0.552. The summed E-state index contributed by atoms with van der Waals surface area (Å²) in [7, 11) is 1.51. The molecule has 0 spiro atoms. The number of benzene rings is 1. The molecule has 2 aliphatic carbocycles. The van der Waals surface area contributed by atoms with Crippen molar-refractivity contribution in [3.63, 3.8) is 0 Å². The molecule has 12 heteroatoms. The van der Waals surface area contributed by atoms with E-state index in [4.69, 9.17) is 9.84 Å². The third kappa shape index (κ3) is 6.76. The van der Waals surface area contributed by atoms with Gasteiger partial charge in [0.15, 0.2) is 6.61 Å². The highest BCUT2D eigenvalue weighted by Gasteiger charge is 2.59. The fourth-order valence-corrected chi connectivity index (χ4v) is 5.78. The third-order valence-corrected chi connectivity index (χ3v) is 8.66. The van der Waals surface area contributed by atoms with Crippen LogP contribution >= 0.6 is 9.24 Å². The molecule has 0 bridgehead atoms. The average Bonchev–Trinajstić information content (AvgIpc) is 3.62. The van der Waals surface area contributed by atoms with E-state index in [0.717, 1.165) is 31.7 Å². The number of nitrogens with one attached hydrogen (secondary N) is 2. The number of halogens is 4. The number of ether oxygens (including phenoxy) is 1. The molecule has 2 N–H and O–H groups in total. The molecule has 1 atom stereocenters. The second kappa shape index (κ2) is 11.4. The van der Waals surface area contributed by atoms with Crippen molar-refractivity contribution in [2.75, 3.05) is 6.61 Å². The molecule has 1 aliphatic heterocycles. The largest absolute Gasteiger partial charge is 0.487 e. The molecule has 3 aliphatic rings. The molecule has 0 saturated heterocycles. The molecule has 2 aromatic rings. The molecule has 5 rings (SSSR count). The van der Waals surface area contributed by atoms with E-state index >= 15 is 0 Å². The summed E-state index contributed by atoms with van der Waals surface area (Å²) >= 11 is 0. The number of nitrogens with zero attached hydrogens (tertiary/aromatic N) is 2. The Balaban J connectivity index is 1.31. The van der Waals surface area contributed by atoms with Crippen LogP contribution in [0.1, 0.15) is 72.8 Å². The van der Waals surface area contributed by atoms with Crippen molar-refractivity contribution in [2.45, 2.75) is 83.0 Å². The average molecular weight is 595 g/mol. The molecule has 2 saturated carbocycles. The maximum atomic E-state index is 14.3. The monoisotopic (exact) mass is 594 g/mol. The van der Waals surface area contributed by atoms with Gasteiger partial charge in [-0.15, -0.1) is 0 Å². The zero-order chi connectivity index (χ0) is 29.4. The second-order valence-electron chi connectivity index (χ2n) is 11.5. The van der Waals surface area contributed by atoms with E-state index in [-0.39, 0.29) is 25.3 Å². The van der Waals surface area contributed by atoms with Gasteiger partial charge >= 0.3 is 0 Å². The summed E-state index contributed by atoms with van der Waals surface area (Å²) in [6, 6.07) is 6.85. The van der Waals surface area contributed by atoms with Crippen LogP contribution in [0.5, 0.6) is 5.75 Å². The minimum absolute atomic E-state index is 0.0651. The number of rotatable bonds is 12. The van der Waals surface area contributed by atoms with E-state index in [0.29, 0.717) is 60.1 Å². The highest BCUT2D eigenvalue weighted by molar-refractivity contribution is 7.18. The van der Waals surface area contributed by atoms with Crippen LogP contribution in [0.3, 0.4) is 0 Å². The Kier molecular flexibility index (Phi) is 8.21. The van der Waals surface area contributed by atoms with Gasteiger partial charge in [0.25, 0.3) is 17.5 Å². The van der Waals surface area contributed by atoms with E-state index in [1.54, 1.807) is 22.9 Å². The number of allylic oxidation sites excluding steroid dienone is 2. The topological polar surface area (TPSA) is 85.2 Å². The van der Waals surface area contributed by atoms with Gasteiger partial charge < -0.3 is 15.4 Å². The second-order valence-corrected chi connectivity index (χ2v) is 12.3. The normalized spacial score (nSPS) is 19.4. The van der Waals surface area contributed by atoms with E-state index < -0.39 is 29.5 Å². The van der Waals surface area contributed by atoms with Crippen molar-refractivity contribution in [2.24, 2.45) is 11.3 Å². The number of aromatic nitrogens is 2. The summed E-state index contributed by atoms with van der Waals surface area (Å²) in [4.78, 5) is 26.2. The number of fused-ring (bicyclic) bond motifs is 1. The van der Waals surface area contributed by atoms with E-state index in [1.165, 1.54) is 9.24 Å². The van der Waals surface area contributed by atoms with Crippen LogP contribution in [0, 0.1) is 11.3 Å². The van der Waals surface area contributed by atoms with Crippen LogP contribution in [0.4, 0.5) is 17.6 Å². The maximum Gasteiger partial charge on any atom is 0.278 e. The Hall–Kier alpha value is -2.94. The van der Waals surface area contributed by atoms with E-state index in [1.807, 2.05) is 12.1 Å².